The summed E-state index contributed by atoms with van der Waals surface area (Å²) in [5.41, 5.74) is 3.17. The molecule has 0 saturated carbocycles. The Bertz CT molecular complexity index is 718. The van der Waals surface area contributed by atoms with E-state index in [9.17, 15) is 4.79 Å². The standard InChI is InChI=1S/C13H10N4O/c1-9-6-10(8-18)7-17-13(9)15-12(16-17)11-2-4-14-5-3-11/h2-8H,1H3. The smallest absolute Gasteiger partial charge is 0.182 e. The SMILES string of the molecule is Cc1cc(C=O)cn2nc(-c3ccncc3)nc12. The molecule has 0 radical (unpaired) electrons. The van der Waals surface area contributed by atoms with Crippen molar-refractivity contribution < 1.29 is 4.79 Å². The molecule has 0 fully saturated rings. The van der Waals surface area contributed by atoms with Crippen LogP contribution >= 0.6 is 0 Å². The number of rotatable bonds is 2. The first-order valence-corrected chi connectivity index (χ1v) is 5.50. The van der Waals surface area contributed by atoms with Crippen LogP contribution in [-0.4, -0.2) is 25.9 Å². The van der Waals surface area contributed by atoms with Gasteiger partial charge in [0.25, 0.3) is 0 Å². The molecule has 0 spiro atoms. The lowest BCUT2D eigenvalue weighted by atomic mass is 10.2. The maximum atomic E-state index is 10.8. The van der Waals surface area contributed by atoms with E-state index in [-0.39, 0.29) is 0 Å². The number of aromatic nitrogens is 4. The van der Waals surface area contributed by atoms with Crippen molar-refractivity contribution in [3.05, 3.63) is 47.9 Å². The summed E-state index contributed by atoms with van der Waals surface area (Å²) >= 11 is 0. The number of fused-ring (bicyclic) bond motifs is 1. The second-order valence-electron chi connectivity index (χ2n) is 4.01. The molecule has 5 heteroatoms. The maximum Gasteiger partial charge on any atom is 0.182 e. The number of aldehydes is 1. The minimum atomic E-state index is 0.589. The quantitative estimate of drug-likeness (QED) is 0.640. The Kier molecular flexibility index (Phi) is 2.37. The van der Waals surface area contributed by atoms with Crippen LogP contribution in [-0.2, 0) is 0 Å². The van der Waals surface area contributed by atoms with Crippen molar-refractivity contribution >= 4 is 11.9 Å². The van der Waals surface area contributed by atoms with Gasteiger partial charge in [-0.05, 0) is 30.7 Å². The molecule has 0 amide bonds. The minimum absolute atomic E-state index is 0.589. The molecule has 0 bridgehead atoms. The van der Waals surface area contributed by atoms with E-state index in [1.165, 1.54) is 0 Å². The second-order valence-corrected chi connectivity index (χ2v) is 4.01. The van der Waals surface area contributed by atoms with Gasteiger partial charge in [0.2, 0.25) is 0 Å². The number of hydrogen-bond donors (Lipinski definition) is 0. The number of aryl methyl sites for hydroxylation is 1. The van der Waals surface area contributed by atoms with E-state index in [2.05, 4.69) is 15.1 Å². The molecule has 0 unspecified atom stereocenters. The number of nitrogens with zero attached hydrogens (tertiary/aromatic N) is 4. The van der Waals surface area contributed by atoms with Gasteiger partial charge in [-0.1, -0.05) is 0 Å². The first-order chi connectivity index (χ1) is 8.78. The van der Waals surface area contributed by atoms with Crippen LogP contribution in [0.5, 0.6) is 0 Å². The van der Waals surface area contributed by atoms with Crippen LogP contribution < -0.4 is 0 Å². The lowest BCUT2D eigenvalue weighted by Crippen LogP contribution is -1.93. The van der Waals surface area contributed by atoms with Gasteiger partial charge in [0.05, 0.1) is 0 Å². The van der Waals surface area contributed by atoms with Crippen LogP contribution in [0.15, 0.2) is 36.8 Å². The molecule has 88 valence electrons. The highest BCUT2D eigenvalue weighted by Gasteiger charge is 2.08. The molecular weight excluding hydrogens is 228 g/mol. The minimum Gasteiger partial charge on any atom is -0.298 e. The highest BCUT2D eigenvalue weighted by Crippen LogP contribution is 2.17. The fourth-order valence-corrected chi connectivity index (χ4v) is 1.86. The van der Waals surface area contributed by atoms with Crippen LogP contribution in [0.3, 0.4) is 0 Å². The molecule has 18 heavy (non-hydrogen) atoms. The Hall–Kier alpha value is -2.56. The van der Waals surface area contributed by atoms with E-state index in [0.717, 1.165) is 23.1 Å². The normalized spacial score (nSPS) is 10.7. The molecular formula is C13H10N4O. The van der Waals surface area contributed by atoms with Crippen molar-refractivity contribution in [3.63, 3.8) is 0 Å². The Labute approximate surface area is 103 Å². The van der Waals surface area contributed by atoms with Crippen LogP contribution in [0.25, 0.3) is 17.0 Å². The van der Waals surface area contributed by atoms with Crippen LogP contribution in [0.4, 0.5) is 0 Å². The molecule has 0 N–H and O–H groups in total. The molecule has 3 heterocycles. The summed E-state index contributed by atoms with van der Waals surface area (Å²) in [6, 6.07) is 5.50. The molecule has 0 aliphatic rings. The van der Waals surface area contributed by atoms with Gasteiger partial charge in [0, 0.05) is 29.7 Å². The zero-order chi connectivity index (χ0) is 12.5. The van der Waals surface area contributed by atoms with Gasteiger partial charge in [0.1, 0.15) is 0 Å². The van der Waals surface area contributed by atoms with Crippen LogP contribution in [0.2, 0.25) is 0 Å². The fourth-order valence-electron chi connectivity index (χ4n) is 1.86. The van der Waals surface area contributed by atoms with E-state index < -0.39 is 0 Å². The largest absolute Gasteiger partial charge is 0.298 e. The van der Waals surface area contributed by atoms with Gasteiger partial charge < -0.3 is 0 Å². The van der Waals surface area contributed by atoms with E-state index in [0.29, 0.717) is 11.4 Å². The molecule has 0 saturated heterocycles. The van der Waals surface area contributed by atoms with Crippen molar-refractivity contribution in [3.8, 4) is 11.4 Å². The van der Waals surface area contributed by atoms with E-state index in [1.54, 1.807) is 29.2 Å². The van der Waals surface area contributed by atoms with E-state index in [4.69, 9.17) is 0 Å². The average molecular weight is 238 g/mol. The third-order valence-corrected chi connectivity index (χ3v) is 2.71. The molecule has 3 aromatic rings. The summed E-state index contributed by atoms with van der Waals surface area (Å²) in [7, 11) is 0. The summed E-state index contributed by atoms with van der Waals surface area (Å²) < 4.78 is 1.63. The molecule has 5 nitrogen and oxygen atoms in total. The summed E-state index contributed by atoms with van der Waals surface area (Å²) in [5, 5.41) is 4.37. The van der Waals surface area contributed by atoms with Gasteiger partial charge in [-0.2, -0.15) is 0 Å². The van der Waals surface area contributed by atoms with Crippen LogP contribution in [0, 0.1) is 6.92 Å². The number of hydrogen-bond acceptors (Lipinski definition) is 4. The third-order valence-electron chi connectivity index (χ3n) is 2.71. The van der Waals surface area contributed by atoms with Crippen molar-refractivity contribution in [1.29, 1.82) is 0 Å². The predicted molar refractivity (Wildman–Crippen MR) is 66.3 cm³/mol. The first kappa shape index (κ1) is 10.6. The number of carbonyl (C=O) groups excluding carboxylic acids is 1. The predicted octanol–water partition coefficient (Wildman–Crippen LogP) is 1.91. The number of carbonyl (C=O) groups is 1. The fraction of sp³-hybridized carbons (Fsp3) is 0.0769. The Morgan fingerprint density at radius 1 is 1.28 bits per heavy atom. The number of pyridine rings is 2. The molecule has 0 atom stereocenters. The van der Waals surface area contributed by atoms with E-state index in [1.807, 2.05) is 19.1 Å². The van der Waals surface area contributed by atoms with Gasteiger partial charge in [-0.3, -0.25) is 9.78 Å². The topological polar surface area (TPSA) is 60.2 Å². The molecule has 0 aromatic carbocycles. The molecule has 3 rings (SSSR count). The highest BCUT2D eigenvalue weighted by molar-refractivity contribution is 5.76. The monoisotopic (exact) mass is 238 g/mol. The summed E-state index contributed by atoms with van der Waals surface area (Å²) in [5.74, 6) is 0.628. The van der Waals surface area contributed by atoms with Crippen molar-refractivity contribution in [2.45, 2.75) is 6.92 Å². The molecule has 0 aliphatic heterocycles. The van der Waals surface area contributed by atoms with Gasteiger partial charge >= 0.3 is 0 Å². The zero-order valence-electron chi connectivity index (χ0n) is 9.74. The maximum absolute atomic E-state index is 10.8. The van der Waals surface area contributed by atoms with E-state index >= 15 is 0 Å². The van der Waals surface area contributed by atoms with Crippen molar-refractivity contribution in [2.75, 3.05) is 0 Å². The van der Waals surface area contributed by atoms with Crippen molar-refractivity contribution in [2.24, 2.45) is 0 Å². The third kappa shape index (κ3) is 1.66. The Morgan fingerprint density at radius 2 is 2.06 bits per heavy atom. The lowest BCUT2D eigenvalue weighted by Gasteiger charge is -1.96. The zero-order valence-corrected chi connectivity index (χ0v) is 9.74. The summed E-state index contributed by atoms with van der Waals surface area (Å²) in [6.07, 6.45) is 5.88. The Morgan fingerprint density at radius 3 is 2.78 bits per heavy atom. The molecule has 0 aliphatic carbocycles. The van der Waals surface area contributed by atoms with Gasteiger partial charge in [-0.15, -0.1) is 5.10 Å². The average Bonchev–Trinajstić information content (AvgIpc) is 2.84. The lowest BCUT2D eigenvalue weighted by molar-refractivity contribution is 0.112. The highest BCUT2D eigenvalue weighted by atomic mass is 16.1. The van der Waals surface area contributed by atoms with Gasteiger partial charge in [0.15, 0.2) is 17.8 Å². The summed E-state index contributed by atoms with van der Waals surface area (Å²) in [6.45, 7) is 1.91. The molecule has 3 aromatic heterocycles. The summed E-state index contributed by atoms with van der Waals surface area (Å²) in [4.78, 5) is 19.2. The van der Waals surface area contributed by atoms with Crippen LogP contribution in [0.1, 0.15) is 15.9 Å². The first-order valence-electron chi connectivity index (χ1n) is 5.50. The van der Waals surface area contributed by atoms with Crippen molar-refractivity contribution in [1.82, 2.24) is 19.6 Å². The van der Waals surface area contributed by atoms with Gasteiger partial charge in [-0.25, -0.2) is 9.50 Å². The Balaban J connectivity index is 2.23. The second kappa shape index (κ2) is 4.03.